The van der Waals surface area contributed by atoms with Crippen LogP contribution in [0.1, 0.15) is 10.4 Å². The van der Waals surface area contributed by atoms with Crippen molar-refractivity contribution in [2.75, 3.05) is 7.05 Å². The molecule has 0 heterocycles. The first kappa shape index (κ1) is 12.7. The Labute approximate surface area is 98.9 Å². The molecule has 2 aromatic carbocycles. The van der Waals surface area contributed by atoms with Crippen molar-refractivity contribution in [3.63, 3.8) is 0 Å². The molecule has 0 aromatic heterocycles. The number of aldehydes is 1. The van der Waals surface area contributed by atoms with Gasteiger partial charge in [-0.05, 0) is 10.8 Å². The smallest absolute Gasteiger partial charge is 0.404 e. The number of hydrogen-bond donors (Lipinski definition) is 2. The number of carbonyl (C=O) groups is 2. The summed E-state index contributed by atoms with van der Waals surface area (Å²) in [7, 11) is 1.35. The van der Waals surface area contributed by atoms with E-state index in [9.17, 15) is 9.59 Å². The zero-order valence-corrected chi connectivity index (χ0v) is 9.38. The summed E-state index contributed by atoms with van der Waals surface area (Å²) in [5, 5.41) is 11.7. The number of benzene rings is 2. The van der Waals surface area contributed by atoms with E-state index in [-0.39, 0.29) is 0 Å². The number of fused-ring (bicyclic) bond motifs is 1. The highest BCUT2D eigenvalue weighted by molar-refractivity contribution is 5.97. The van der Waals surface area contributed by atoms with Crippen LogP contribution in [0.25, 0.3) is 10.8 Å². The molecule has 0 bridgehead atoms. The van der Waals surface area contributed by atoms with Gasteiger partial charge in [0.05, 0.1) is 0 Å². The standard InChI is InChI=1S/C11H8O.C2H5NO2/c12-8-10-6-3-5-9-4-1-2-7-11(9)10;1-3-2(4)5/h1-8H;3H,1H3,(H,4,5). The fourth-order valence-corrected chi connectivity index (χ4v) is 1.35. The lowest BCUT2D eigenvalue weighted by atomic mass is 10.1. The highest BCUT2D eigenvalue weighted by Gasteiger charge is 1.96. The Kier molecular flexibility index (Phi) is 4.69. The Morgan fingerprint density at radius 3 is 2.35 bits per heavy atom. The number of amides is 1. The van der Waals surface area contributed by atoms with Crippen molar-refractivity contribution >= 4 is 23.2 Å². The van der Waals surface area contributed by atoms with E-state index < -0.39 is 6.09 Å². The Bertz CT molecular complexity index is 518. The lowest BCUT2D eigenvalue weighted by Crippen LogP contribution is -2.13. The molecule has 0 spiro atoms. The lowest BCUT2D eigenvalue weighted by Gasteiger charge is -1.98. The van der Waals surface area contributed by atoms with Crippen LogP contribution in [0.15, 0.2) is 42.5 Å². The van der Waals surface area contributed by atoms with Crippen LogP contribution in [0.5, 0.6) is 0 Å². The second kappa shape index (κ2) is 6.27. The van der Waals surface area contributed by atoms with Crippen molar-refractivity contribution in [3.8, 4) is 0 Å². The van der Waals surface area contributed by atoms with E-state index in [0.717, 1.165) is 22.6 Å². The zero-order valence-electron chi connectivity index (χ0n) is 9.38. The topological polar surface area (TPSA) is 66.4 Å². The molecule has 0 saturated heterocycles. The Hall–Kier alpha value is -2.36. The van der Waals surface area contributed by atoms with Gasteiger partial charge in [0.1, 0.15) is 0 Å². The predicted molar refractivity (Wildman–Crippen MR) is 66.4 cm³/mol. The van der Waals surface area contributed by atoms with Gasteiger partial charge in [-0.3, -0.25) is 4.79 Å². The normalized spacial score (nSPS) is 9.00. The summed E-state index contributed by atoms with van der Waals surface area (Å²) in [6.07, 6.45) is -0.104. The Morgan fingerprint density at radius 1 is 1.18 bits per heavy atom. The third-order valence-electron chi connectivity index (χ3n) is 2.16. The van der Waals surface area contributed by atoms with Crippen LogP contribution in [0.2, 0.25) is 0 Å². The quantitative estimate of drug-likeness (QED) is 0.741. The molecular weight excluding hydrogens is 218 g/mol. The maximum absolute atomic E-state index is 10.6. The fourth-order valence-electron chi connectivity index (χ4n) is 1.35. The maximum atomic E-state index is 10.6. The summed E-state index contributed by atoms with van der Waals surface area (Å²) in [6, 6.07) is 13.6. The minimum absolute atomic E-state index is 0.758. The Morgan fingerprint density at radius 2 is 1.76 bits per heavy atom. The molecule has 88 valence electrons. The highest BCUT2D eigenvalue weighted by atomic mass is 16.4. The summed E-state index contributed by atoms with van der Waals surface area (Å²) >= 11 is 0. The first-order chi connectivity index (χ1) is 8.19. The van der Waals surface area contributed by atoms with Crippen LogP contribution in [-0.2, 0) is 0 Å². The fraction of sp³-hybridized carbons (Fsp3) is 0.0769. The zero-order chi connectivity index (χ0) is 12.7. The maximum Gasteiger partial charge on any atom is 0.404 e. The molecule has 0 aliphatic heterocycles. The average molecular weight is 231 g/mol. The molecule has 0 atom stereocenters. The molecule has 1 amide bonds. The van der Waals surface area contributed by atoms with Crippen molar-refractivity contribution in [1.82, 2.24) is 5.32 Å². The molecule has 0 unspecified atom stereocenters. The van der Waals surface area contributed by atoms with Crippen molar-refractivity contribution in [2.45, 2.75) is 0 Å². The lowest BCUT2D eigenvalue weighted by molar-refractivity contribution is 0.112. The van der Waals surface area contributed by atoms with Crippen LogP contribution in [0.4, 0.5) is 4.79 Å². The van der Waals surface area contributed by atoms with Gasteiger partial charge in [-0.15, -0.1) is 0 Å². The van der Waals surface area contributed by atoms with Gasteiger partial charge < -0.3 is 10.4 Å². The molecule has 17 heavy (non-hydrogen) atoms. The van der Waals surface area contributed by atoms with Crippen molar-refractivity contribution in [3.05, 3.63) is 48.0 Å². The second-order valence-corrected chi connectivity index (χ2v) is 3.24. The summed E-state index contributed by atoms with van der Waals surface area (Å²) < 4.78 is 0. The third-order valence-corrected chi connectivity index (χ3v) is 2.16. The summed E-state index contributed by atoms with van der Waals surface area (Å²) in [5.41, 5.74) is 0.758. The minimum atomic E-state index is -0.995. The van der Waals surface area contributed by atoms with E-state index >= 15 is 0 Å². The number of carboxylic acid groups (broad SMARTS) is 1. The molecule has 2 aromatic rings. The molecular formula is C13H13NO3. The molecule has 0 fully saturated rings. The van der Waals surface area contributed by atoms with Gasteiger partial charge in [0.25, 0.3) is 0 Å². The highest BCUT2D eigenvalue weighted by Crippen LogP contribution is 2.16. The van der Waals surface area contributed by atoms with E-state index in [2.05, 4.69) is 0 Å². The first-order valence-electron chi connectivity index (χ1n) is 5.02. The van der Waals surface area contributed by atoms with Crippen LogP contribution in [0, 0.1) is 0 Å². The van der Waals surface area contributed by atoms with E-state index in [1.165, 1.54) is 7.05 Å². The number of hydrogen-bond acceptors (Lipinski definition) is 2. The van der Waals surface area contributed by atoms with Crippen LogP contribution in [0.3, 0.4) is 0 Å². The molecule has 2 rings (SSSR count). The van der Waals surface area contributed by atoms with Crippen LogP contribution >= 0.6 is 0 Å². The molecule has 0 radical (unpaired) electrons. The number of nitrogens with one attached hydrogen (secondary N) is 1. The SMILES string of the molecule is CNC(=O)O.O=Cc1cccc2ccccc12. The first-order valence-corrected chi connectivity index (χ1v) is 5.02. The van der Waals surface area contributed by atoms with Gasteiger partial charge in [-0.1, -0.05) is 42.5 Å². The summed E-state index contributed by atoms with van der Waals surface area (Å²) in [4.78, 5) is 19.9. The molecule has 0 aliphatic rings. The summed E-state index contributed by atoms with van der Waals surface area (Å²) in [6.45, 7) is 0. The minimum Gasteiger partial charge on any atom is -0.465 e. The van der Waals surface area contributed by atoms with Crippen molar-refractivity contribution in [1.29, 1.82) is 0 Å². The average Bonchev–Trinajstić information content (AvgIpc) is 2.38. The number of carbonyl (C=O) groups excluding carboxylic acids is 1. The third kappa shape index (κ3) is 3.61. The van der Waals surface area contributed by atoms with Crippen molar-refractivity contribution < 1.29 is 14.7 Å². The Balaban J connectivity index is 0.000000249. The monoisotopic (exact) mass is 231 g/mol. The predicted octanol–water partition coefficient (Wildman–Crippen LogP) is 2.54. The van der Waals surface area contributed by atoms with Gasteiger partial charge in [0.2, 0.25) is 0 Å². The largest absolute Gasteiger partial charge is 0.465 e. The molecule has 0 saturated carbocycles. The van der Waals surface area contributed by atoms with E-state index in [1.54, 1.807) is 0 Å². The molecule has 4 heteroatoms. The van der Waals surface area contributed by atoms with E-state index in [1.807, 2.05) is 47.8 Å². The van der Waals surface area contributed by atoms with Gasteiger partial charge >= 0.3 is 6.09 Å². The van der Waals surface area contributed by atoms with Crippen LogP contribution < -0.4 is 5.32 Å². The summed E-state index contributed by atoms with van der Waals surface area (Å²) in [5.74, 6) is 0. The van der Waals surface area contributed by atoms with Crippen molar-refractivity contribution in [2.24, 2.45) is 0 Å². The molecule has 0 aliphatic carbocycles. The molecule has 4 nitrogen and oxygen atoms in total. The number of rotatable bonds is 1. The van der Waals surface area contributed by atoms with Gasteiger partial charge in [0, 0.05) is 12.6 Å². The second-order valence-electron chi connectivity index (χ2n) is 3.24. The van der Waals surface area contributed by atoms with Gasteiger partial charge in [-0.2, -0.15) is 0 Å². The van der Waals surface area contributed by atoms with Crippen LogP contribution in [-0.4, -0.2) is 24.5 Å². The van der Waals surface area contributed by atoms with Gasteiger partial charge in [0.15, 0.2) is 6.29 Å². The van der Waals surface area contributed by atoms with E-state index in [0.29, 0.717) is 0 Å². The van der Waals surface area contributed by atoms with Gasteiger partial charge in [-0.25, -0.2) is 4.79 Å². The van der Waals surface area contributed by atoms with E-state index in [4.69, 9.17) is 5.11 Å². The molecule has 2 N–H and O–H groups in total.